The molecular formula is C15H13N3O2. The van der Waals surface area contributed by atoms with Crippen LogP contribution in [0.1, 0.15) is 25.1 Å². The summed E-state index contributed by atoms with van der Waals surface area (Å²) in [6, 6.07) is 11.3. The van der Waals surface area contributed by atoms with Crippen molar-refractivity contribution in [3.63, 3.8) is 0 Å². The highest BCUT2D eigenvalue weighted by Gasteiger charge is 2.33. The maximum Gasteiger partial charge on any atom is 0.412 e. The van der Waals surface area contributed by atoms with Gasteiger partial charge in [-0.15, -0.1) is 0 Å². The van der Waals surface area contributed by atoms with E-state index in [9.17, 15) is 4.79 Å². The second-order valence-electron chi connectivity index (χ2n) is 5.13. The number of benzene rings is 1. The molecule has 1 aliphatic rings. The van der Waals surface area contributed by atoms with Crippen LogP contribution in [0, 0.1) is 11.3 Å². The first-order chi connectivity index (χ1) is 9.51. The highest BCUT2D eigenvalue weighted by atomic mass is 16.6. The maximum atomic E-state index is 11.5. The number of anilines is 1. The van der Waals surface area contributed by atoms with E-state index in [2.05, 4.69) is 11.4 Å². The molecule has 0 saturated heterocycles. The molecule has 1 aliphatic heterocycles. The fourth-order valence-corrected chi connectivity index (χ4v) is 2.41. The van der Waals surface area contributed by atoms with E-state index in [-0.39, 0.29) is 0 Å². The maximum absolute atomic E-state index is 11.5. The van der Waals surface area contributed by atoms with Crippen LogP contribution in [0.3, 0.4) is 0 Å². The largest absolute Gasteiger partial charge is 0.438 e. The number of carbonyl (C=O) groups excluding carboxylic acids is 1. The van der Waals surface area contributed by atoms with Crippen LogP contribution >= 0.6 is 0 Å². The molecule has 5 heteroatoms. The van der Waals surface area contributed by atoms with Gasteiger partial charge in [0.05, 0.1) is 5.69 Å². The van der Waals surface area contributed by atoms with Crippen molar-refractivity contribution in [2.24, 2.45) is 0 Å². The summed E-state index contributed by atoms with van der Waals surface area (Å²) in [6.45, 7) is 3.68. The van der Waals surface area contributed by atoms with Crippen molar-refractivity contribution in [3.05, 3.63) is 47.8 Å². The standard InChI is InChI=1S/C15H13N3O2/c1-15(2)12-8-10(18-7-3-4-11(18)9-16)5-6-13(12)17-14(19)20-15/h3-8H,1-2H3,(H,17,19). The van der Waals surface area contributed by atoms with E-state index in [1.165, 1.54) is 0 Å². The molecule has 0 unspecified atom stereocenters. The molecule has 0 saturated carbocycles. The highest BCUT2D eigenvalue weighted by molar-refractivity contribution is 5.89. The number of nitrogens with zero attached hydrogens (tertiary/aromatic N) is 2. The molecule has 1 aromatic heterocycles. The van der Waals surface area contributed by atoms with Gasteiger partial charge in [0, 0.05) is 17.4 Å². The molecule has 1 aromatic carbocycles. The van der Waals surface area contributed by atoms with Crippen LogP contribution < -0.4 is 5.32 Å². The minimum atomic E-state index is -0.701. The predicted molar refractivity (Wildman–Crippen MR) is 73.6 cm³/mol. The Morgan fingerprint density at radius 2 is 2.15 bits per heavy atom. The zero-order valence-corrected chi connectivity index (χ0v) is 11.2. The van der Waals surface area contributed by atoms with Gasteiger partial charge in [0.25, 0.3) is 0 Å². The van der Waals surface area contributed by atoms with Gasteiger partial charge in [0.2, 0.25) is 0 Å². The Morgan fingerprint density at radius 3 is 2.90 bits per heavy atom. The van der Waals surface area contributed by atoms with Gasteiger partial charge in [0.1, 0.15) is 17.4 Å². The van der Waals surface area contributed by atoms with E-state index in [1.807, 2.05) is 44.3 Å². The first-order valence-corrected chi connectivity index (χ1v) is 6.23. The van der Waals surface area contributed by atoms with Crippen molar-refractivity contribution in [2.45, 2.75) is 19.4 Å². The molecule has 1 amide bonds. The zero-order chi connectivity index (χ0) is 14.3. The Bertz CT molecular complexity index is 738. The number of ether oxygens (including phenoxy) is 1. The summed E-state index contributed by atoms with van der Waals surface area (Å²) in [5.74, 6) is 0. The van der Waals surface area contributed by atoms with Gasteiger partial charge in [0.15, 0.2) is 0 Å². The van der Waals surface area contributed by atoms with Gasteiger partial charge >= 0.3 is 6.09 Å². The second-order valence-corrected chi connectivity index (χ2v) is 5.13. The zero-order valence-electron chi connectivity index (χ0n) is 11.2. The first-order valence-electron chi connectivity index (χ1n) is 6.23. The third kappa shape index (κ3) is 1.82. The van der Waals surface area contributed by atoms with E-state index in [0.29, 0.717) is 5.69 Å². The Balaban J connectivity index is 2.15. The monoisotopic (exact) mass is 267 g/mol. The SMILES string of the molecule is CC1(C)OC(=O)Nc2ccc(-n3cccc3C#N)cc21. The second kappa shape index (κ2) is 4.14. The number of nitriles is 1. The Morgan fingerprint density at radius 1 is 1.35 bits per heavy atom. The van der Waals surface area contributed by atoms with Crippen molar-refractivity contribution >= 4 is 11.8 Å². The van der Waals surface area contributed by atoms with Gasteiger partial charge in [-0.05, 0) is 44.2 Å². The summed E-state index contributed by atoms with van der Waals surface area (Å²) >= 11 is 0. The number of hydrogen-bond acceptors (Lipinski definition) is 3. The van der Waals surface area contributed by atoms with Crippen molar-refractivity contribution in [3.8, 4) is 11.8 Å². The topological polar surface area (TPSA) is 67.0 Å². The van der Waals surface area contributed by atoms with Gasteiger partial charge in [-0.25, -0.2) is 4.79 Å². The third-order valence-corrected chi connectivity index (χ3v) is 3.38. The third-order valence-electron chi connectivity index (χ3n) is 3.38. The number of fused-ring (bicyclic) bond motifs is 1. The Hall–Kier alpha value is -2.74. The first kappa shape index (κ1) is 12.3. The molecule has 3 rings (SSSR count). The minimum absolute atomic E-state index is 0.450. The molecule has 1 N–H and O–H groups in total. The summed E-state index contributed by atoms with van der Waals surface area (Å²) in [7, 11) is 0. The molecule has 0 atom stereocenters. The van der Waals surface area contributed by atoms with E-state index in [0.717, 1.165) is 16.9 Å². The van der Waals surface area contributed by atoms with Crippen molar-refractivity contribution < 1.29 is 9.53 Å². The van der Waals surface area contributed by atoms with Gasteiger partial charge < -0.3 is 9.30 Å². The van der Waals surface area contributed by atoms with E-state index in [4.69, 9.17) is 10.00 Å². The molecule has 20 heavy (non-hydrogen) atoms. The molecule has 2 heterocycles. The number of carbonyl (C=O) groups is 1. The quantitative estimate of drug-likeness (QED) is 0.863. The van der Waals surface area contributed by atoms with Crippen LogP contribution in [0.4, 0.5) is 10.5 Å². The molecule has 0 radical (unpaired) electrons. The molecule has 100 valence electrons. The number of hydrogen-bond donors (Lipinski definition) is 1. The smallest absolute Gasteiger partial charge is 0.412 e. The fraction of sp³-hybridized carbons (Fsp3) is 0.200. The number of cyclic esters (lactones) is 1. The van der Waals surface area contributed by atoms with E-state index >= 15 is 0 Å². The lowest BCUT2D eigenvalue weighted by Gasteiger charge is -2.32. The van der Waals surface area contributed by atoms with Gasteiger partial charge in [-0.1, -0.05) is 0 Å². The number of rotatable bonds is 1. The molecule has 0 spiro atoms. The summed E-state index contributed by atoms with van der Waals surface area (Å²) in [4.78, 5) is 11.5. The van der Waals surface area contributed by atoms with Crippen LogP contribution in [0.25, 0.3) is 5.69 Å². The predicted octanol–water partition coefficient (Wildman–Crippen LogP) is 3.15. The average molecular weight is 267 g/mol. The van der Waals surface area contributed by atoms with Crippen LogP contribution in [0.2, 0.25) is 0 Å². The lowest BCUT2D eigenvalue weighted by Crippen LogP contribution is -2.34. The Kier molecular flexibility index (Phi) is 2.54. The molecular weight excluding hydrogens is 254 g/mol. The summed E-state index contributed by atoms with van der Waals surface area (Å²) in [5, 5.41) is 11.8. The minimum Gasteiger partial charge on any atom is -0.438 e. The fourth-order valence-electron chi connectivity index (χ4n) is 2.41. The molecule has 5 nitrogen and oxygen atoms in total. The molecule has 0 aliphatic carbocycles. The summed E-state index contributed by atoms with van der Waals surface area (Å²) in [5.41, 5.74) is 2.34. The summed E-state index contributed by atoms with van der Waals surface area (Å²) in [6.07, 6.45) is 1.38. The lowest BCUT2D eigenvalue weighted by molar-refractivity contribution is 0.0420. The van der Waals surface area contributed by atoms with Crippen molar-refractivity contribution in [1.29, 1.82) is 5.26 Å². The summed E-state index contributed by atoms with van der Waals surface area (Å²) < 4.78 is 7.10. The van der Waals surface area contributed by atoms with E-state index in [1.54, 1.807) is 10.6 Å². The number of aromatic nitrogens is 1. The Labute approximate surface area is 116 Å². The molecule has 0 bridgehead atoms. The molecule has 0 fully saturated rings. The number of nitrogens with one attached hydrogen (secondary N) is 1. The van der Waals surface area contributed by atoms with Crippen LogP contribution in [0.5, 0.6) is 0 Å². The van der Waals surface area contributed by atoms with E-state index < -0.39 is 11.7 Å². The number of amides is 1. The normalized spacial score (nSPS) is 15.8. The average Bonchev–Trinajstić information content (AvgIpc) is 2.85. The highest BCUT2D eigenvalue weighted by Crippen LogP contribution is 2.36. The van der Waals surface area contributed by atoms with Crippen LogP contribution in [-0.2, 0) is 10.3 Å². The van der Waals surface area contributed by atoms with Gasteiger partial charge in [-0.2, -0.15) is 5.26 Å². The van der Waals surface area contributed by atoms with Crippen LogP contribution in [0.15, 0.2) is 36.5 Å². The lowest BCUT2D eigenvalue weighted by atomic mass is 9.94. The van der Waals surface area contributed by atoms with Crippen molar-refractivity contribution in [2.75, 3.05) is 5.32 Å². The van der Waals surface area contributed by atoms with Crippen LogP contribution in [-0.4, -0.2) is 10.7 Å². The van der Waals surface area contributed by atoms with Crippen molar-refractivity contribution in [1.82, 2.24) is 4.57 Å². The molecule has 2 aromatic rings. The van der Waals surface area contributed by atoms with Gasteiger partial charge in [-0.3, -0.25) is 5.32 Å².